The number of nitrogens with one attached hydrogen (secondary N) is 2. The summed E-state index contributed by atoms with van der Waals surface area (Å²) in [5, 5.41) is 2.67. The molecule has 2 heterocycles. The van der Waals surface area contributed by atoms with Gasteiger partial charge in [0, 0.05) is 32.9 Å². The summed E-state index contributed by atoms with van der Waals surface area (Å²) < 4.78 is 27.6. The van der Waals surface area contributed by atoms with E-state index in [2.05, 4.69) is 14.9 Å². The van der Waals surface area contributed by atoms with Crippen LogP contribution in [0.1, 0.15) is 54.8 Å². The molecule has 2 rings (SSSR count). The highest BCUT2D eigenvalue weighted by atomic mass is 32.2. The lowest BCUT2D eigenvalue weighted by atomic mass is 9.99. The number of sulfonamides is 1. The van der Waals surface area contributed by atoms with Crippen molar-refractivity contribution in [2.24, 2.45) is 7.05 Å². The molecule has 2 N–H and O–H groups in total. The fourth-order valence-corrected chi connectivity index (χ4v) is 4.08. The summed E-state index contributed by atoms with van der Waals surface area (Å²) in [6.45, 7) is 3.96. The highest BCUT2D eigenvalue weighted by Crippen LogP contribution is 2.31. The van der Waals surface area contributed by atoms with Gasteiger partial charge in [-0.1, -0.05) is 6.42 Å². The van der Waals surface area contributed by atoms with Crippen LogP contribution in [0.2, 0.25) is 0 Å². The molecule has 1 aliphatic heterocycles. The van der Waals surface area contributed by atoms with Crippen LogP contribution < -0.4 is 10.0 Å². The van der Waals surface area contributed by atoms with Crippen LogP contribution in [-0.4, -0.2) is 56.2 Å². The van der Waals surface area contributed by atoms with Crippen molar-refractivity contribution in [3.05, 3.63) is 23.5 Å². The van der Waals surface area contributed by atoms with Crippen molar-refractivity contribution in [1.29, 1.82) is 0 Å². The SMILES string of the molecule is CCS(=O)(=O)NCCCN1CCCCC1c1ccc(C(=O)NC)n1C. The van der Waals surface area contributed by atoms with E-state index in [1.54, 1.807) is 14.0 Å². The largest absolute Gasteiger partial charge is 0.354 e. The molecule has 1 aromatic heterocycles. The van der Waals surface area contributed by atoms with Crippen LogP contribution in [0.4, 0.5) is 0 Å². The van der Waals surface area contributed by atoms with Crippen LogP contribution in [0.15, 0.2) is 12.1 Å². The number of aromatic nitrogens is 1. The molecule has 1 saturated heterocycles. The van der Waals surface area contributed by atoms with Crippen molar-refractivity contribution in [1.82, 2.24) is 19.5 Å². The van der Waals surface area contributed by atoms with Gasteiger partial charge in [-0.2, -0.15) is 0 Å². The predicted octanol–water partition coefficient (Wildman–Crippen LogP) is 1.24. The van der Waals surface area contributed by atoms with Gasteiger partial charge in [0.1, 0.15) is 5.69 Å². The third-order valence-electron chi connectivity index (χ3n) is 4.90. The van der Waals surface area contributed by atoms with Gasteiger partial charge in [0.25, 0.3) is 5.91 Å². The first-order chi connectivity index (χ1) is 11.9. The highest BCUT2D eigenvalue weighted by molar-refractivity contribution is 7.89. The maximum atomic E-state index is 11.9. The molecule has 25 heavy (non-hydrogen) atoms. The van der Waals surface area contributed by atoms with Crippen LogP contribution in [0, 0.1) is 0 Å². The summed E-state index contributed by atoms with van der Waals surface area (Å²) in [5.74, 6) is 0.0374. The Morgan fingerprint density at radius 1 is 1.32 bits per heavy atom. The summed E-state index contributed by atoms with van der Waals surface area (Å²) in [6.07, 6.45) is 4.17. The fraction of sp³-hybridized carbons (Fsp3) is 0.706. The number of nitrogens with zero attached hydrogens (tertiary/aromatic N) is 2. The Hall–Kier alpha value is -1.38. The zero-order valence-corrected chi connectivity index (χ0v) is 16.2. The van der Waals surface area contributed by atoms with Crippen molar-refractivity contribution in [2.75, 3.05) is 32.4 Å². The van der Waals surface area contributed by atoms with Crippen molar-refractivity contribution >= 4 is 15.9 Å². The lowest BCUT2D eigenvalue weighted by molar-refractivity contribution is 0.0952. The van der Waals surface area contributed by atoms with E-state index in [0.717, 1.165) is 38.0 Å². The molecular weight excluding hydrogens is 340 g/mol. The Balaban J connectivity index is 2.01. The minimum absolute atomic E-state index is 0.0786. The third kappa shape index (κ3) is 5.05. The fourth-order valence-electron chi connectivity index (χ4n) is 3.42. The Kier molecular flexibility index (Phi) is 7.04. The molecule has 0 saturated carbocycles. The van der Waals surface area contributed by atoms with Crippen molar-refractivity contribution < 1.29 is 13.2 Å². The van der Waals surface area contributed by atoms with E-state index < -0.39 is 10.0 Å². The number of likely N-dealkylation sites (tertiary alicyclic amines) is 1. The lowest BCUT2D eigenvalue weighted by Gasteiger charge is -2.36. The maximum absolute atomic E-state index is 11.9. The third-order valence-corrected chi connectivity index (χ3v) is 6.30. The van der Waals surface area contributed by atoms with Crippen molar-refractivity contribution in [2.45, 2.75) is 38.6 Å². The standard InChI is InChI=1S/C17H30N4O3S/c1-4-25(23,24)19-11-7-13-21-12-6-5-8-15(21)14-9-10-16(20(14)3)17(22)18-2/h9-10,15,19H,4-8,11-13H2,1-3H3,(H,18,22). The Morgan fingerprint density at radius 2 is 2.08 bits per heavy atom. The van der Waals surface area contributed by atoms with E-state index >= 15 is 0 Å². The second kappa shape index (κ2) is 8.82. The van der Waals surface area contributed by atoms with Crippen molar-refractivity contribution in [3.8, 4) is 0 Å². The molecule has 0 aromatic carbocycles. The number of amides is 1. The van der Waals surface area contributed by atoms with Crippen molar-refractivity contribution in [3.63, 3.8) is 0 Å². The number of carbonyl (C=O) groups excluding carboxylic acids is 1. The minimum Gasteiger partial charge on any atom is -0.354 e. The molecular formula is C17H30N4O3S. The Morgan fingerprint density at radius 3 is 2.76 bits per heavy atom. The monoisotopic (exact) mass is 370 g/mol. The van der Waals surface area contributed by atoms with Gasteiger partial charge in [0.2, 0.25) is 10.0 Å². The summed E-state index contributed by atoms with van der Waals surface area (Å²) in [6, 6.07) is 4.18. The van der Waals surface area contributed by atoms with Gasteiger partial charge in [0.15, 0.2) is 0 Å². The lowest BCUT2D eigenvalue weighted by Crippen LogP contribution is -2.37. The number of carbonyl (C=O) groups is 1. The number of hydrogen-bond acceptors (Lipinski definition) is 4. The predicted molar refractivity (Wildman–Crippen MR) is 99.0 cm³/mol. The van der Waals surface area contributed by atoms with Gasteiger partial charge < -0.3 is 9.88 Å². The second-order valence-electron chi connectivity index (χ2n) is 6.48. The first-order valence-electron chi connectivity index (χ1n) is 8.98. The maximum Gasteiger partial charge on any atom is 0.267 e. The molecule has 1 atom stereocenters. The molecule has 0 radical (unpaired) electrons. The second-order valence-corrected chi connectivity index (χ2v) is 8.58. The molecule has 0 bridgehead atoms. The molecule has 1 fully saturated rings. The number of hydrogen-bond donors (Lipinski definition) is 2. The van der Waals surface area contributed by atoms with E-state index in [9.17, 15) is 13.2 Å². The molecule has 1 aromatic rings. The van der Waals surface area contributed by atoms with Crippen LogP contribution >= 0.6 is 0 Å². The quantitative estimate of drug-likeness (QED) is 0.675. The normalized spacial score (nSPS) is 19.1. The number of piperidine rings is 1. The van der Waals surface area contributed by atoms with Crippen LogP contribution in [0.3, 0.4) is 0 Å². The van der Waals surface area contributed by atoms with Crippen LogP contribution in [0.25, 0.3) is 0 Å². The van der Waals surface area contributed by atoms with E-state index in [0.29, 0.717) is 12.2 Å². The molecule has 7 nitrogen and oxygen atoms in total. The topological polar surface area (TPSA) is 83.4 Å². The van der Waals surface area contributed by atoms with Gasteiger partial charge in [-0.15, -0.1) is 0 Å². The molecule has 1 aliphatic rings. The van der Waals surface area contributed by atoms with Gasteiger partial charge in [-0.05, 0) is 44.9 Å². The first-order valence-corrected chi connectivity index (χ1v) is 10.6. The average Bonchev–Trinajstić information content (AvgIpc) is 3.00. The van der Waals surface area contributed by atoms with Gasteiger partial charge in [-0.25, -0.2) is 13.1 Å². The van der Waals surface area contributed by atoms with Gasteiger partial charge in [-0.3, -0.25) is 9.69 Å². The molecule has 0 spiro atoms. The molecule has 8 heteroatoms. The molecule has 0 aliphatic carbocycles. The molecule has 142 valence electrons. The molecule has 1 unspecified atom stereocenters. The summed E-state index contributed by atoms with van der Waals surface area (Å²) >= 11 is 0. The minimum atomic E-state index is -3.12. The molecule has 1 amide bonds. The van der Waals surface area contributed by atoms with E-state index in [4.69, 9.17) is 0 Å². The van der Waals surface area contributed by atoms with Crippen LogP contribution in [0.5, 0.6) is 0 Å². The summed E-state index contributed by atoms with van der Waals surface area (Å²) in [5.41, 5.74) is 1.81. The number of rotatable bonds is 8. The van der Waals surface area contributed by atoms with Crippen LogP contribution in [-0.2, 0) is 17.1 Å². The summed E-state index contributed by atoms with van der Waals surface area (Å²) in [7, 11) is 0.450. The smallest absolute Gasteiger partial charge is 0.267 e. The van der Waals surface area contributed by atoms with Gasteiger partial charge >= 0.3 is 0 Å². The Labute approximate surface area is 150 Å². The first kappa shape index (κ1) is 19.9. The zero-order chi connectivity index (χ0) is 18.4. The van der Waals surface area contributed by atoms with E-state index in [1.165, 1.54) is 6.42 Å². The summed E-state index contributed by atoms with van der Waals surface area (Å²) in [4.78, 5) is 14.3. The Bertz CT molecular complexity index is 684. The highest BCUT2D eigenvalue weighted by Gasteiger charge is 2.26. The van der Waals surface area contributed by atoms with E-state index in [-0.39, 0.29) is 17.7 Å². The zero-order valence-electron chi connectivity index (χ0n) is 15.4. The van der Waals surface area contributed by atoms with E-state index in [1.807, 2.05) is 23.7 Å². The van der Waals surface area contributed by atoms with Gasteiger partial charge in [0.05, 0.1) is 11.8 Å². The average molecular weight is 371 g/mol.